The second kappa shape index (κ2) is 5.34. The molecule has 1 aromatic heterocycles. The van der Waals surface area contributed by atoms with E-state index in [0.717, 1.165) is 25.4 Å². The van der Waals surface area contributed by atoms with Gasteiger partial charge in [0.1, 0.15) is 0 Å². The van der Waals surface area contributed by atoms with E-state index in [1.54, 1.807) is 17.4 Å². The monoisotopic (exact) mass is 346 g/mol. The number of nitrogens with one attached hydrogen (secondary N) is 1. The summed E-state index contributed by atoms with van der Waals surface area (Å²) in [5.74, 6) is -0.115. The van der Waals surface area contributed by atoms with Gasteiger partial charge in [0.15, 0.2) is 0 Å². The minimum Gasteiger partial charge on any atom is -0.322 e. The maximum absolute atomic E-state index is 12.2. The zero-order valence-electron chi connectivity index (χ0n) is 10.7. The summed E-state index contributed by atoms with van der Waals surface area (Å²) in [6.07, 6.45) is 0. The predicted octanol–water partition coefficient (Wildman–Crippen LogP) is 4.62. The van der Waals surface area contributed by atoms with Crippen molar-refractivity contribution in [2.45, 2.75) is 6.92 Å². The summed E-state index contributed by atoms with van der Waals surface area (Å²) >= 11 is 4.98. The van der Waals surface area contributed by atoms with E-state index in [4.69, 9.17) is 0 Å². The molecule has 1 amide bonds. The van der Waals surface area contributed by atoms with Gasteiger partial charge in [-0.1, -0.05) is 22.0 Å². The first-order chi connectivity index (χ1) is 9.61. The summed E-state index contributed by atoms with van der Waals surface area (Å²) in [6.45, 7) is 1.96. The van der Waals surface area contributed by atoms with E-state index in [-0.39, 0.29) is 5.91 Å². The van der Waals surface area contributed by atoms with Crippen LogP contribution in [0.25, 0.3) is 10.2 Å². The molecule has 2 aromatic carbocycles. The standard InChI is InChI=1S/C15H11BrN2OS/c1-9-17-13-6-5-10(7-14(13)20-9)15(19)18-12-4-2-3-11(16)8-12/h2-8H,1H3,(H,18,19). The Morgan fingerprint density at radius 1 is 1.25 bits per heavy atom. The number of hydrogen-bond acceptors (Lipinski definition) is 3. The van der Waals surface area contributed by atoms with E-state index in [1.807, 2.05) is 43.3 Å². The fraction of sp³-hybridized carbons (Fsp3) is 0.0667. The molecule has 3 aromatic rings. The van der Waals surface area contributed by atoms with Crippen molar-refractivity contribution in [3.8, 4) is 0 Å². The highest BCUT2D eigenvalue weighted by atomic mass is 79.9. The Labute approximate surface area is 128 Å². The van der Waals surface area contributed by atoms with Crippen LogP contribution < -0.4 is 5.32 Å². The number of rotatable bonds is 2. The van der Waals surface area contributed by atoms with E-state index in [2.05, 4.69) is 26.2 Å². The molecule has 5 heteroatoms. The zero-order valence-corrected chi connectivity index (χ0v) is 13.1. The zero-order chi connectivity index (χ0) is 14.1. The lowest BCUT2D eigenvalue weighted by Crippen LogP contribution is -2.11. The van der Waals surface area contributed by atoms with Gasteiger partial charge in [-0.25, -0.2) is 4.98 Å². The quantitative estimate of drug-likeness (QED) is 0.735. The number of halogens is 1. The summed E-state index contributed by atoms with van der Waals surface area (Å²) in [5, 5.41) is 3.89. The maximum atomic E-state index is 12.2. The number of hydrogen-bond donors (Lipinski definition) is 1. The molecule has 0 saturated carbocycles. The van der Waals surface area contributed by atoms with E-state index >= 15 is 0 Å². The van der Waals surface area contributed by atoms with Crippen molar-refractivity contribution in [2.75, 3.05) is 5.32 Å². The molecular weight excluding hydrogens is 336 g/mol. The molecule has 0 unspecified atom stereocenters. The maximum Gasteiger partial charge on any atom is 0.255 e. The number of benzene rings is 2. The van der Waals surface area contributed by atoms with Crippen LogP contribution in [-0.2, 0) is 0 Å². The predicted molar refractivity (Wildman–Crippen MR) is 86.5 cm³/mol. The highest BCUT2D eigenvalue weighted by molar-refractivity contribution is 9.10. The highest BCUT2D eigenvalue weighted by Crippen LogP contribution is 2.23. The molecule has 0 fully saturated rings. The van der Waals surface area contributed by atoms with Crippen LogP contribution in [-0.4, -0.2) is 10.9 Å². The van der Waals surface area contributed by atoms with Crippen LogP contribution in [0.15, 0.2) is 46.9 Å². The fourth-order valence-electron chi connectivity index (χ4n) is 1.95. The molecule has 0 bridgehead atoms. The third-order valence-electron chi connectivity index (χ3n) is 2.84. The van der Waals surface area contributed by atoms with Gasteiger partial charge in [0.05, 0.1) is 15.2 Å². The van der Waals surface area contributed by atoms with E-state index in [1.165, 1.54) is 0 Å². The summed E-state index contributed by atoms with van der Waals surface area (Å²) in [7, 11) is 0. The van der Waals surface area contributed by atoms with Gasteiger partial charge in [-0.3, -0.25) is 4.79 Å². The molecule has 0 aliphatic heterocycles. The van der Waals surface area contributed by atoms with Crippen LogP contribution in [0.2, 0.25) is 0 Å². The Bertz CT molecular complexity index is 797. The molecule has 0 atom stereocenters. The first-order valence-electron chi connectivity index (χ1n) is 6.06. The van der Waals surface area contributed by atoms with Gasteiger partial charge in [0, 0.05) is 15.7 Å². The van der Waals surface area contributed by atoms with Gasteiger partial charge in [0.2, 0.25) is 0 Å². The molecule has 100 valence electrons. The largest absolute Gasteiger partial charge is 0.322 e. The van der Waals surface area contributed by atoms with Crippen LogP contribution in [0, 0.1) is 6.92 Å². The lowest BCUT2D eigenvalue weighted by molar-refractivity contribution is 0.102. The Kier molecular flexibility index (Phi) is 3.54. The summed E-state index contributed by atoms with van der Waals surface area (Å²) in [5.41, 5.74) is 2.34. The van der Waals surface area contributed by atoms with Gasteiger partial charge >= 0.3 is 0 Å². The van der Waals surface area contributed by atoms with E-state index in [9.17, 15) is 4.79 Å². The summed E-state index contributed by atoms with van der Waals surface area (Å²) in [6, 6.07) is 13.1. The molecule has 0 saturated heterocycles. The number of aromatic nitrogens is 1. The van der Waals surface area contributed by atoms with Gasteiger partial charge in [-0.2, -0.15) is 0 Å². The molecule has 3 nitrogen and oxygen atoms in total. The lowest BCUT2D eigenvalue weighted by atomic mass is 10.2. The lowest BCUT2D eigenvalue weighted by Gasteiger charge is -2.05. The molecule has 0 radical (unpaired) electrons. The third-order valence-corrected chi connectivity index (χ3v) is 4.27. The molecule has 3 rings (SSSR count). The number of thiazole rings is 1. The minimum atomic E-state index is -0.115. The first kappa shape index (κ1) is 13.3. The van der Waals surface area contributed by atoms with Gasteiger partial charge < -0.3 is 5.32 Å². The highest BCUT2D eigenvalue weighted by Gasteiger charge is 2.09. The number of fused-ring (bicyclic) bond motifs is 1. The Hall–Kier alpha value is -1.72. The Morgan fingerprint density at radius 3 is 2.90 bits per heavy atom. The van der Waals surface area contributed by atoms with Crippen molar-refractivity contribution >= 4 is 49.1 Å². The number of amides is 1. The third kappa shape index (κ3) is 2.73. The molecule has 0 aliphatic rings. The van der Waals surface area contributed by atoms with Crippen LogP contribution in [0.3, 0.4) is 0 Å². The summed E-state index contributed by atoms with van der Waals surface area (Å²) < 4.78 is 1.97. The smallest absolute Gasteiger partial charge is 0.255 e. The van der Waals surface area contributed by atoms with Crippen molar-refractivity contribution in [3.05, 3.63) is 57.5 Å². The number of aryl methyl sites for hydroxylation is 1. The van der Waals surface area contributed by atoms with E-state index < -0.39 is 0 Å². The minimum absolute atomic E-state index is 0.115. The van der Waals surface area contributed by atoms with Crippen molar-refractivity contribution < 1.29 is 4.79 Å². The molecule has 20 heavy (non-hydrogen) atoms. The molecule has 1 N–H and O–H groups in total. The van der Waals surface area contributed by atoms with Crippen molar-refractivity contribution in [1.82, 2.24) is 4.98 Å². The topological polar surface area (TPSA) is 42.0 Å². The van der Waals surface area contributed by atoms with Gasteiger partial charge in [-0.05, 0) is 43.3 Å². The molecule has 0 aliphatic carbocycles. The number of nitrogens with zero attached hydrogens (tertiary/aromatic N) is 1. The van der Waals surface area contributed by atoms with E-state index in [0.29, 0.717) is 5.56 Å². The normalized spacial score (nSPS) is 10.7. The van der Waals surface area contributed by atoms with Gasteiger partial charge in [0.25, 0.3) is 5.91 Å². The summed E-state index contributed by atoms with van der Waals surface area (Å²) in [4.78, 5) is 16.6. The fourth-order valence-corrected chi connectivity index (χ4v) is 3.22. The van der Waals surface area contributed by atoms with Crippen molar-refractivity contribution in [3.63, 3.8) is 0 Å². The second-order valence-electron chi connectivity index (χ2n) is 4.38. The number of anilines is 1. The SMILES string of the molecule is Cc1nc2ccc(C(=O)Nc3cccc(Br)c3)cc2s1. The average molecular weight is 347 g/mol. The molecule has 0 spiro atoms. The number of carbonyl (C=O) groups excluding carboxylic acids is 1. The van der Waals surface area contributed by atoms with Crippen LogP contribution in [0.4, 0.5) is 5.69 Å². The molecular formula is C15H11BrN2OS. The van der Waals surface area contributed by atoms with Crippen molar-refractivity contribution in [2.24, 2.45) is 0 Å². The second-order valence-corrected chi connectivity index (χ2v) is 6.53. The average Bonchev–Trinajstić information content (AvgIpc) is 2.77. The Balaban J connectivity index is 1.88. The van der Waals surface area contributed by atoms with Crippen LogP contribution in [0.5, 0.6) is 0 Å². The molecule has 1 heterocycles. The van der Waals surface area contributed by atoms with Gasteiger partial charge in [-0.15, -0.1) is 11.3 Å². The first-order valence-corrected chi connectivity index (χ1v) is 7.67. The van der Waals surface area contributed by atoms with Crippen molar-refractivity contribution in [1.29, 1.82) is 0 Å². The van der Waals surface area contributed by atoms with Crippen LogP contribution >= 0.6 is 27.3 Å². The Morgan fingerprint density at radius 2 is 2.10 bits per heavy atom. The van der Waals surface area contributed by atoms with Crippen LogP contribution in [0.1, 0.15) is 15.4 Å². The number of carbonyl (C=O) groups is 1.